The van der Waals surface area contributed by atoms with Crippen molar-refractivity contribution in [1.82, 2.24) is 15.1 Å². The van der Waals surface area contributed by atoms with E-state index in [1.54, 1.807) is 19.1 Å². The van der Waals surface area contributed by atoms with Crippen LogP contribution in [0.5, 0.6) is 5.75 Å². The molecule has 0 radical (unpaired) electrons. The van der Waals surface area contributed by atoms with E-state index in [1.807, 2.05) is 0 Å². The minimum absolute atomic E-state index is 0.171. The van der Waals surface area contributed by atoms with Crippen LogP contribution >= 0.6 is 35.4 Å². The lowest BCUT2D eigenvalue weighted by Gasteiger charge is -2.29. The summed E-state index contributed by atoms with van der Waals surface area (Å²) in [7, 11) is -8.96. The van der Waals surface area contributed by atoms with Gasteiger partial charge in [-0.15, -0.1) is 0 Å². The van der Waals surface area contributed by atoms with Gasteiger partial charge in [-0.2, -0.15) is 48.3 Å². The lowest BCUT2D eigenvalue weighted by Crippen LogP contribution is -2.40. The summed E-state index contributed by atoms with van der Waals surface area (Å²) in [5.41, 5.74) is 2.51. The first kappa shape index (κ1) is 42.6. The standard InChI is InChI=1S/C26H24Cl2F5N3O3S2.C3H5F3O3S/c1-15-22(24(40)34-18-8-10-25(29,30)11-9-18)35-36(21-7-4-17(27)14-20(21)28)23(15)16-2-5-19(6-3-16)39-41(37,38)13-12-26(31,32)33;4-3(5,6)1-2-10(7,8)9/h2-7,14,18H,8-13H2,1H3,(H,34,40);1-2H2,(H,7,8,9). The third-order valence-electron chi connectivity index (χ3n) is 7.16. The summed E-state index contributed by atoms with van der Waals surface area (Å²) in [6.45, 7) is 1.76. The lowest BCUT2D eigenvalue weighted by atomic mass is 9.92. The van der Waals surface area contributed by atoms with Crippen molar-refractivity contribution in [3.05, 3.63) is 63.8 Å². The van der Waals surface area contributed by atoms with Crippen LogP contribution in [0.3, 0.4) is 0 Å². The van der Waals surface area contributed by atoms with Crippen LogP contribution < -0.4 is 9.50 Å². The fourth-order valence-electron chi connectivity index (χ4n) is 4.66. The van der Waals surface area contributed by atoms with Gasteiger partial charge in [0.25, 0.3) is 10.1 Å². The molecule has 2 N–H and O–H groups in total. The number of alkyl halides is 8. The van der Waals surface area contributed by atoms with Gasteiger partial charge >= 0.3 is 22.5 Å². The molecule has 2 aromatic carbocycles. The molecule has 22 heteroatoms. The molecular weight excluding hydrogens is 805 g/mol. The zero-order chi connectivity index (χ0) is 38.6. The summed E-state index contributed by atoms with van der Waals surface area (Å²) in [5, 5.41) is 8.48. The Hall–Kier alpha value is -2.78. The minimum Gasteiger partial charge on any atom is -0.382 e. The maximum atomic E-state index is 13.6. The van der Waals surface area contributed by atoms with Crippen LogP contribution in [-0.2, 0) is 20.2 Å². The Morgan fingerprint density at radius 1 is 0.980 bits per heavy atom. The molecule has 0 unspecified atom stereocenters. The first-order valence-corrected chi connectivity index (χ1v) is 18.9. The van der Waals surface area contributed by atoms with Crippen molar-refractivity contribution in [2.24, 2.45) is 0 Å². The van der Waals surface area contributed by atoms with Crippen LogP contribution in [0.25, 0.3) is 16.9 Å². The zero-order valence-corrected chi connectivity index (χ0v) is 30.1. The number of hydrogen-bond donors (Lipinski definition) is 2. The van der Waals surface area contributed by atoms with Crippen molar-refractivity contribution in [1.29, 1.82) is 0 Å². The van der Waals surface area contributed by atoms with Crippen LogP contribution in [0.4, 0.5) is 35.1 Å². The molecule has 1 aliphatic carbocycles. The minimum atomic E-state index is -4.64. The molecule has 1 saturated carbocycles. The first-order chi connectivity index (χ1) is 23.2. The number of nitrogens with zero attached hydrogens (tertiary/aromatic N) is 2. The van der Waals surface area contributed by atoms with Crippen molar-refractivity contribution in [2.75, 3.05) is 11.5 Å². The number of rotatable bonds is 10. The van der Waals surface area contributed by atoms with E-state index in [0.29, 0.717) is 33.2 Å². The van der Waals surface area contributed by atoms with E-state index >= 15 is 0 Å². The Morgan fingerprint density at radius 2 is 1.53 bits per heavy atom. The normalized spacial score (nSPS) is 15.5. The molecule has 1 aliphatic rings. The molecule has 0 bridgehead atoms. The molecule has 4 rings (SSSR count). The number of hydrogen-bond acceptors (Lipinski definition) is 7. The van der Waals surface area contributed by atoms with Gasteiger partial charge in [0, 0.05) is 35.0 Å². The fourth-order valence-corrected chi connectivity index (χ4v) is 6.97. The Morgan fingerprint density at radius 3 is 2.02 bits per heavy atom. The number of nitrogens with one attached hydrogen (secondary N) is 1. The van der Waals surface area contributed by atoms with E-state index in [2.05, 4.69) is 10.4 Å². The third-order valence-corrected chi connectivity index (χ3v) is 9.88. The Labute approximate surface area is 303 Å². The molecule has 0 amide bonds. The number of halogens is 10. The maximum absolute atomic E-state index is 13.6. The highest BCUT2D eigenvalue weighted by molar-refractivity contribution is 7.87. The van der Waals surface area contributed by atoms with E-state index in [-0.39, 0.29) is 47.5 Å². The molecule has 3 aromatic rings. The van der Waals surface area contributed by atoms with Gasteiger partial charge in [0.05, 0.1) is 40.8 Å². The predicted molar refractivity (Wildman–Crippen MR) is 178 cm³/mol. The van der Waals surface area contributed by atoms with Gasteiger partial charge in [0.15, 0.2) is 0 Å². The van der Waals surface area contributed by atoms with Gasteiger partial charge in [-0.05, 0) is 62.2 Å². The average molecular weight is 835 g/mol. The Bertz CT molecular complexity index is 1910. The monoisotopic (exact) mass is 833 g/mol. The van der Waals surface area contributed by atoms with Gasteiger partial charge in [-0.25, -0.2) is 13.5 Å². The molecule has 51 heavy (non-hydrogen) atoms. The van der Waals surface area contributed by atoms with Crippen LogP contribution in [-0.4, -0.2) is 72.0 Å². The van der Waals surface area contributed by atoms with Crippen LogP contribution in [0.15, 0.2) is 42.5 Å². The Kier molecular flexibility index (Phi) is 13.8. The number of thiocarbonyl (C=S) groups is 1. The van der Waals surface area contributed by atoms with Crippen molar-refractivity contribution in [2.45, 2.75) is 69.8 Å². The zero-order valence-electron chi connectivity index (χ0n) is 26.2. The first-order valence-electron chi connectivity index (χ1n) is 14.6. The molecular formula is C29H29Cl2F8N3O6S3. The van der Waals surface area contributed by atoms with Gasteiger partial charge in [-0.1, -0.05) is 35.4 Å². The molecule has 1 fully saturated rings. The van der Waals surface area contributed by atoms with E-state index in [1.165, 1.54) is 35.0 Å². The van der Waals surface area contributed by atoms with Gasteiger partial charge in [0.1, 0.15) is 16.4 Å². The van der Waals surface area contributed by atoms with Crippen molar-refractivity contribution in [3.63, 3.8) is 0 Å². The molecule has 1 heterocycles. The number of aromatic nitrogens is 2. The molecule has 0 spiro atoms. The summed E-state index contributed by atoms with van der Waals surface area (Å²) in [6, 6.07) is 10.2. The molecule has 0 atom stereocenters. The van der Waals surface area contributed by atoms with Crippen LogP contribution in [0.1, 0.15) is 49.8 Å². The molecule has 9 nitrogen and oxygen atoms in total. The second-order valence-corrected chi connectivity index (χ2v) is 15.8. The van der Waals surface area contributed by atoms with Crippen LogP contribution in [0.2, 0.25) is 10.0 Å². The number of benzene rings is 2. The summed E-state index contributed by atoms with van der Waals surface area (Å²) in [4.78, 5) is 0.263. The maximum Gasteiger partial charge on any atom is 0.390 e. The van der Waals surface area contributed by atoms with E-state index in [4.69, 9.17) is 44.2 Å². The van der Waals surface area contributed by atoms with E-state index < -0.39 is 62.9 Å². The second-order valence-electron chi connectivity index (χ2n) is 11.3. The van der Waals surface area contributed by atoms with Gasteiger partial charge in [0.2, 0.25) is 5.92 Å². The molecule has 0 aliphatic heterocycles. The quantitative estimate of drug-likeness (QED) is 0.0895. The highest BCUT2D eigenvalue weighted by Crippen LogP contribution is 2.36. The van der Waals surface area contributed by atoms with Crippen LogP contribution in [0, 0.1) is 6.92 Å². The topological polar surface area (TPSA) is 128 Å². The summed E-state index contributed by atoms with van der Waals surface area (Å²) in [5.74, 6) is -5.35. The highest BCUT2D eigenvalue weighted by Gasteiger charge is 2.36. The lowest BCUT2D eigenvalue weighted by molar-refractivity contribution is -0.131. The average Bonchev–Trinajstić information content (AvgIpc) is 3.32. The SMILES string of the molecule is Cc1c(C(=S)NC2CCC(F)(F)CC2)nn(-c2ccc(Cl)cc2Cl)c1-c1ccc(OS(=O)(=O)CCC(F)(F)F)cc1.O=S(=O)(O)CCC(F)(F)F. The second kappa shape index (κ2) is 16.5. The summed E-state index contributed by atoms with van der Waals surface area (Å²) < 4.78 is 156. The highest BCUT2D eigenvalue weighted by atomic mass is 35.5. The van der Waals surface area contributed by atoms with Gasteiger partial charge < -0.3 is 9.50 Å². The largest absolute Gasteiger partial charge is 0.390 e. The van der Waals surface area contributed by atoms with E-state index in [0.717, 1.165) is 0 Å². The van der Waals surface area contributed by atoms with E-state index in [9.17, 15) is 52.0 Å². The van der Waals surface area contributed by atoms with Crippen molar-refractivity contribution >= 4 is 60.6 Å². The fraction of sp³-hybridized carbons (Fsp3) is 0.448. The smallest absolute Gasteiger partial charge is 0.382 e. The molecule has 0 saturated heterocycles. The van der Waals surface area contributed by atoms with Crippen molar-refractivity contribution in [3.8, 4) is 22.7 Å². The third kappa shape index (κ3) is 13.9. The predicted octanol–water partition coefficient (Wildman–Crippen LogP) is 8.49. The Balaban J connectivity index is 0.000000612. The summed E-state index contributed by atoms with van der Waals surface area (Å²) in [6.07, 6.45) is -12.2. The molecule has 1 aromatic heterocycles. The van der Waals surface area contributed by atoms with Gasteiger partial charge in [-0.3, -0.25) is 4.55 Å². The molecule has 284 valence electrons. The van der Waals surface area contributed by atoms with Crippen molar-refractivity contribution < 1.29 is 60.7 Å². The summed E-state index contributed by atoms with van der Waals surface area (Å²) >= 11 is 18.2.